The van der Waals surface area contributed by atoms with Gasteiger partial charge in [0.2, 0.25) is 0 Å². The predicted molar refractivity (Wildman–Crippen MR) is 372 cm³/mol. The summed E-state index contributed by atoms with van der Waals surface area (Å²) in [5.41, 5.74) is 0. The van der Waals surface area contributed by atoms with Crippen LogP contribution in [0.2, 0.25) is 0 Å². The minimum atomic E-state index is -4.95. The van der Waals surface area contributed by atoms with Gasteiger partial charge in [0.05, 0.1) is 26.4 Å². The van der Waals surface area contributed by atoms with Crippen LogP contribution in [-0.2, 0) is 65.4 Å². The zero-order valence-electron chi connectivity index (χ0n) is 60.2. The number of esters is 4. The molecule has 0 aliphatic carbocycles. The fourth-order valence-corrected chi connectivity index (χ4v) is 12.5. The van der Waals surface area contributed by atoms with Crippen molar-refractivity contribution < 1.29 is 80.2 Å². The molecule has 0 aliphatic rings. The topological polar surface area (TPSA) is 237 Å². The second-order valence-electron chi connectivity index (χ2n) is 27.8. The second kappa shape index (κ2) is 62.6. The van der Waals surface area contributed by atoms with Crippen LogP contribution in [0.25, 0.3) is 0 Å². The van der Waals surface area contributed by atoms with Crippen LogP contribution in [0.5, 0.6) is 0 Å². The minimum absolute atomic E-state index is 0.103. The Balaban J connectivity index is 5.21. The highest BCUT2D eigenvalue weighted by Gasteiger charge is 2.30. The highest BCUT2D eigenvalue weighted by atomic mass is 31.2. The van der Waals surface area contributed by atoms with E-state index in [4.69, 9.17) is 37.0 Å². The Labute approximate surface area is 562 Å². The van der Waals surface area contributed by atoms with Gasteiger partial charge in [-0.3, -0.25) is 37.3 Å². The molecule has 546 valence electrons. The third kappa shape index (κ3) is 64.1. The molecule has 0 radical (unpaired) electrons. The van der Waals surface area contributed by atoms with Gasteiger partial charge in [0.15, 0.2) is 12.2 Å². The van der Waals surface area contributed by atoms with Gasteiger partial charge in [-0.05, 0) is 49.4 Å². The van der Waals surface area contributed by atoms with Crippen molar-refractivity contribution in [2.75, 3.05) is 39.6 Å². The molecule has 0 saturated carbocycles. The van der Waals surface area contributed by atoms with Crippen LogP contribution >= 0.6 is 15.6 Å². The highest BCUT2D eigenvalue weighted by molar-refractivity contribution is 7.47. The van der Waals surface area contributed by atoms with E-state index in [1.54, 1.807) is 0 Å². The molecular formula is C73H142O17P2. The molecule has 0 aliphatic heterocycles. The third-order valence-corrected chi connectivity index (χ3v) is 19.4. The van der Waals surface area contributed by atoms with Crippen molar-refractivity contribution in [2.24, 2.45) is 23.7 Å². The van der Waals surface area contributed by atoms with Gasteiger partial charge < -0.3 is 33.8 Å². The molecule has 0 fully saturated rings. The summed E-state index contributed by atoms with van der Waals surface area (Å²) in [4.78, 5) is 72.6. The molecule has 0 saturated heterocycles. The maximum absolute atomic E-state index is 13.0. The van der Waals surface area contributed by atoms with E-state index in [9.17, 15) is 43.2 Å². The lowest BCUT2D eigenvalue weighted by atomic mass is 10.00. The number of phosphoric acid groups is 2. The number of aliphatic hydroxyl groups excluding tert-OH is 1. The number of hydrogen-bond donors (Lipinski definition) is 3. The first kappa shape index (κ1) is 90.1. The lowest BCUT2D eigenvalue weighted by Crippen LogP contribution is -2.30. The predicted octanol–water partition coefficient (Wildman–Crippen LogP) is 20.9. The molecule has 92 heavy (non-hydrogen) atoms. The first-order chi connectivity index (χ1) is 44.2. The number of hydrogen-bond acceptors (Lipinski definition) is 15. The minimum Gasteiger partial charge on any atom is -0.462 e. The van der Waals surface area contributed by atoms with Crippen LogP contribution in [0.1, 0.15) is 364 Å². The van der Waals surface area contributed by atoms with Crippen molar-refractivity contribution in [1.82, 2.24) is 0 Å². The van der Waals surface area contributed by atoms with Gasteiger partial charge in [0.1, 0.15) is 19.3 Å². The van der Waals surface area contributed by atoms with Gasteiger partial charge in [-0.1, -0.05) is 312 Å². The summed E-state index contributed by atoms with van der Waals surface area (Å²) in [6.45, 7) is 14.1. The van der Waals surface area contributed by atoms with Crippen LogP contribution in [0.3, 0.4) is 0 Å². The first-order valence-corrected chi connectivity index (χ1v) is 40.8. The summed E-state index contributed by atoms with van der Waals surface area (Å²) in [7, 11) is -9.91. The van der Waals surface area contributed by atoms with Crippen molar-refractivity contribution in [3.63, 3.8) is 0 Å². The van der Waals surface area contributed by atoms with E-state index in [0.29, 0.717) is 25.7 Å². The quantitative estimate of drug-likeness (QED) is 0.0222. The number of carbonyl (C=O) groups is 4. The molecule has 0 heterocycles. The Kier molecular flexibility index (Phi) is 61.3. The van der Waals surface area contributed by atoms with Crippen molar-refractivity contribution in [3.8, 4) is 0 Å². The Morgan fingerprint density at radius 1 is 0.304 bits per heavy atom. The fraction of sp³-hybridized carbons (Fsp3) is 0.945. The van der Waals surface area contributed by atoms with E-state index >= 15 is 0 Å². The first-order valence-electron chi connectivity index (χ1n) is 37.8. The van der Waals surface area contributed by atoms with Crippen LogP contribution in [0, 0.1) is 23.7 Å². The molecule has 19 heteroatoms. The molecule has 7 atom stereocenters. The van der Waals surface area contributed by atoms with E-state index in [-0.39, 0.29) is 25.7 Å². The standard InChI is InChI=1S/C73H142O17P2/c1-9-65(7)51-43-35-29-31-38-46-54-71(76)84-60-68(89-72(77)55-47-39-28-24-20-16-15-18-22-26-34-42-50-64(5)6)61-87-91(79,80)85-57-67(74)58-86-92(81,82)88-62-69(90-73(78)56-48-40-32-30-36-44-52-66(8)10-2)59-83-70(75)53-45-37-27-23-19-14-12-11-13-17-21-25-33-41-49-63(3)4/h63-69,74H,9-62H2,1-8H3,(H,79,80)(H,81,82)/t65?,66?,67-,68+,69+/m0/s1. The van der Waals surface area contributed by atoms with Crippen molar-refractivity contribution in [2.45, 2.75) is 382 Å². The number of unbranched alkanes of at least 4 members (excludes halogenated alkanes) is 34. The van der Waals surface area contributed by atoms with Crippen molar-refractivity contribution in [1.29, 1.82) is 0 Å². The molecule has 0 aromatic heterocycles. The van der Waals surface area contributed by atoms with Gasteiger partial charge in [-0.25, -0.2) is 9.13 Å². The van der Waals surface area contributed by atoms with Crippen LogP contribution in [-0.4, -0.2) is 96.7 Å². The van der Waals surface area contributed by atoms with Gasteiger partial charge in [-0.15, -0.1) is 0 Å². The summed E-state index contributed by atoms with van der Waals surface area (Å²) >= 11 is 0. The van der Waals surface area contributed by atoms with E-state index < -0.39 is 97.5 Å². The average molecular weight is 1350 g/mol. The molecule has 0 amide bonds. The lowest BCUT2D eigenvalue weighted by molar-refractivity contribution is -0.161. The van der Waals surface area contributed by atoms with Crippen molar-refractivity contribution in [3.05, 3.63) is 0 Å². The number of phosphoric ester groups is 2. The fourth-order valence-electron chi connectivity index (χ4n) is 11.0. The molecule has 17 nitrogen and oxygen atoms in total. The zero-order chi connectivity index (χ0) is 68.2. The van der Waals surface area contributed by atoms with Gasteiger partial charge in [-0.2, -0.15) is 0 Å². The monoisotopic (exact) mass is 1350 g/mol. The summed E-state index contributed by atoms with van der Waals surface area (Å²) in [5, 5.41) is 10.6. The normalized spacial score (nSPS) is 14.8. The van der Waals surface area contributed by atoms with E-state index in [1.165, 1.54) is 161 Å². The summed E-state index contributed by atoms with van der Waals surface area (Å²) in [5.74, 6) is 0.898. The zero-order valence-corrected chi connectivity index (χ0v) is 62.0. The van der Waals surface area contributed by atoms with E-state index in [2.05, 4.69) is 55.4 Å². The SMILES string of the molecule is CCC(C)CCCCCCCCC(=O)OC[C@H](COP(=O)(O)OC[C@H](O)COP(=O)(O)OC[C@@H](COC(=O)CCCCCCCCCCCCCCCCC(C)C)OC(=O)CCCCCCCCC(C)CC)OC(=O)CCCCCCCCCCCCCCC(C)C. The number of carbonyl (C=O) groups excluding carboxylic acids is 4. The van der Waals surface area contributed by atoms with Gasteiger partial charge in [0.25, 0.3) is 0 Å². The van der Waals surface area contributed by atoms with Crippen molar-refractivity contribution >= 4 is 39.5 Å². The third-order valence-electron chi connectivity index (χ3n) is 17.5. The van der Waals surface area contributed by atoms with Gasteiger partial charge in [0, 0.05) is 25.7 Å². The maximum atomic E-state index is 13.0. The van der Waals surface area contributed by atoms with Crippen LogP contribution in [0.15, 0.2) is 0 Å². The second-order valence-corrected chi connectivity index (χ2v) is 30.7. The van der Waals surface area contributed by atoms with Crippen LogP contribution in [0.4, 0.5) is 0 Å². The number of aliphatic hydroxyl groups is 1. The largest absolute Gasteiger partial charge is 0.472 e. The maximum Gasteiger partial charge on any atom is 0.472 e. The molecule has 0 bridgehead atoms. The highest BCUT2D eigenvalue weighted by Crippen LogP contribution is 2.45. The Morgan fingerprint density at radius 2 is 0.522 bits per heavy atom. The summed E-state index contributed by atoms with van der Waals surface area (Å²) in [6, 6.07) is 0. The molecular weight excluding hydrogens is 1210 g/mol. The molecule has 0 aromatic rings. The molecule has 0 spiro atoms. The number of ether oxygens (including phenoxy) is 4. The molecule has 0 rings (SSSR count). The van der Waals surface area contributed by atoms with E-state index in [0.717, 1.165) is 120 Å². The lowest BCUT2D eigenvalue weighted by Gasteiger charge is -2.21. The molecule has 4 unspecified atom stereocenters. The Bertz CT molecular complexity index is 1820. The Hall–Kier alpha value is -1.94. The van der Waals surface area contributed by atoms with Crippen LogP contribution < -0.4 is 0 Å². The number of rotatable bonds is 70. The molecule has 0 aromatic carbocycles. The Morgan fingerprint density at radius 3 is 0.772 bits per heavy atom. The van der Waals surface area contributed by atoms with E-state index in [1.807, 2.05) is 0 Å². The molecule has 3 N–H and O–H groups in total. The van der Waals surface area contributed by atoms with Gasteiger partial charge >= 0.3 is 39.5 Å². The summed E-state index contributed by atoms with van der Waals surface area (Å²) < 4.78 is 68.4. The smallest absolute Gasteiger partial charge is 0.462 e. The average Bonchev–Trinajstić information content (AvgIpc) is 1.73. The summed E-state index contributed by atoms with van der Waals surface area (Å²) in [6.07, 6.45) is 45.9.